The summed E-state index contributed by atoms with van der Waals surface area (Å²) in [7, 11) is 2.13. The van der Waals surface area contributed by atoms with Gasteiger partial charge >= 0.3 is 0 Å². The minimum Gasteiger partial charge on any atom is -0.508 e. The van der Waals surface area contributed by atoms with Crippen molar-refractivity contribution in [2.24, 2.45) is 5.92 Å². The number of nitrogens with zero attached hydrogens (tertiary/aromatic N) is 2. The molecule has 2 atom stereocenters. The monoisotopic (exact) mass is 360 g/mol. The molecule has 0 bridgehead atoms. The second-order valence-electron chi connectivity index (χ2n) is 7.96. The van der Waals surface area contributed by atoms with Gasteiger partial charge in [-0.05, 0) is 51.8 Å². The Kier molecular flexibility index (Phi) is 5.88. The van der Waals surface area contributed by atoms with Crippen molar-refractivity contribution in [3.8, 4) is 5.75 Å². The Morgan fingerprint density at radius 3 is 2.58 bits per heavy atom. The molecule has 0 aromatic heterocycles. The molecule has 2 N–H and O–H groups in total. The molecule has 0 saturated carbocycles. The predicted octanol–water partition coefficient (Wildman–Crippen LogP) is 2.71. The number of benzene rings is 1. The Bertz CT molecular complexity index is 625. The summed E-state index contributed by atoms with van der Waals surface area (Å²) in [6, 6.07) is 7.31. The molecule has 1 amide bonds. The molecule has 0 radical (unpaired) electrons. The van der Waals surface area contributed by atoms with E-state index < -0.39 is 5.60 Å². The van der Waals surface area contributed by atoms with Crippen LogP contribution in [0.25, 0.3) is 0 Å². The summed E-state index contributed by atoms with van der Waals surface area (Å²) in [6.45, 7) is 4.34. The lowest BCUT2D eigenvalue weighted by Gasteiger charge is -2.43. The van der Waals surface area contributed by atoms with Crippen LogP contribution in [0.1, 0.15) is 51.0 Å². The van der Waals surface area contributed by atoms with Gasteiger partial charge in [0.1, 0.15) is 5.75 Å². The van der Waals surface area contributed by atoms with Crippen molar-refractivity contribution in [3.05, 3.63) is 29.8 Å². The molecular formula is C21H32N2O3. The predicted molar refractivity (Wildman–Crippen MR) is 102 cm³/mol. The molecule has 144 valence electrons. The van der Waals surface area contributed by atoms with E-state index in [1.807, 2.05) is 11.0 Å². The van der Waals surface area contributed by atoms with Crippen LogP contribution in [0, 0.1) is 5.92 Å². The van der Waals surface area contributed by atoms with E-state index >= 15 is 0 Å². The van der Waals surface area contributed by atoms with Gasteiger partial charge in [0.2, 0.25) is 5.91 Å². The molecule has 2 saturated heterocycles. The van der Waals surface area contributed by atoms with Crippen molar-refractivity contribution in [3.63, 3.8) is 0 Å². The third-order valence-electron chi connectivity index (χ3n) is 6.27. The van der Waals surface area contributed by atoms with Gasteiger partial charge in [-0.1, -0.05) is 31.5 Å². The molecule has 2 unspecified atom stereocenters. The normalized spacial score (nSPS) is 26.7. The minimum absolute atomic E-state index is 0.0741. The molecule has 26 heavy (non-hydrogen) atoms. The second kappa shape index (κ2) is 7.97. The number of likely N-dealkylation sites (tertiary alicyclic amines) is 2. The lowest BCUT2D eigenvalue weighted by atomic mass is 9.82. The molecule has 2 aliphatic rings. The first kappa shape index (κ1) is 19.2. The molecule has 0 spiro atoms. The summed E-state index contributed by atoms with van der Waals surface area (Å²) in [5, 5.41) is 21.1. The van der Waals surface area contributed by atoms with Crippen LogP contribution in [0.15, 0.2) is 24.3 Å². The van der Waals surface area contributed by atoms with Crippen LogP contribution in [-0.4, -0.2) is 58.6 Å². The third kappa shape index (κ3) is 3.74. The van der Waals surface area contributed by atoms with Crippen molar-refractivity contribution in [1.82, 2.24) is 9.80 Å². The van der Waals surface area contributed by atoms with E-state index in [2.05, 4.69) is 18.9 Å². The summed E-state index contributed by atoms with van der Waals surface area (Å²) < 4.78 is 0. The van der Waals surface area contributed by atoms with E-state index in [9.17, 15) is 15.0 Å². The Hall–Kier alpha value is -1.59. The van der Waals surface area contributed by atoms with Crippen LogP contribution >= 0.6 is 0 Å². The van der Waals surface area contributed by atoms with Gasteiger partial charge in [-0.15, -0.1) is 0 Å². The topological polar surface area (TPSA) is 64.0 Å². The average Bonchev–Trinajstić information content (AvgIpc) is 2.64. The van der Waals surface area contributed by atoms with Crippen LogP contribution in [0.2, 0.25) is 0 Å². The molecule has 2 aliphatic heterocycles. The minimum atomic E-state index is -1.05. The van der Waals surface area contributed by atoms with Crippen molar-refractivity contribution in [1.29, 1.82) is 0 Å². The van der Waals surface area contributed by atoms with Gasteiger partial charge in [-0.2, -0.15) is 0 Å². The van der Waals surface area contributed by atoms with Crippen molar-refractivity contribution < 1.29 is 15.0 Å². The lowest BCUT2D eigenvalue weighted by molar-refractivity contribution is -0.144. The van der Waals surface area contributed by atoms with E-state index in [4.69, 9.17) is 0 Å². The number of phenols is 1. The Morgan fingerprint density at radius 1 is 1.23 bits per heavy atom. The van der Waals surface area contributed by atoms with Crippen molar-refractivity contribution in [2.45, 2.75) is 57.1 Å². The van der Waals surface area contributed by atoms with Crippen LogP contribution in [-0.2, 0) is 10.4 Å². The van der Waals surface area contributed by atoms with E-state index in [0.29, 0.717) is 37.5 Å². The summed E-state index contributed by atoms with van der Waals surface area (Å²) in [5.41, 5.74) is -0.470. The first-order valence-corrected chi connectivity index (χ1v) is 9.96. The van der Waals surface area contributed by atoms with Gasteiger partial charge in [-0.25, -0.2) is 0 Å². The van der Waals surface area contributed by atoms with Crippen LogP contribution in [0.5, 0.6) is 5.75 Å². The average molecular weight is 360 g/mol. The van der Waals surface area contributed by atoms with Gasteiger partial charge in [0.15, 0.2) is 0 Å². The zero-order valence-electron chi connectivity index (χ0n) is 16.0. The zero-order valence-corrected chi connectivity index (χ0v) is 16.0. The first-order valence-electron chi connectivity index (χ1n) is 9.96. The van der Waals surface area contributed by atoms with Gasteiger partial charge in [0.25, 0.3) is 0 Å². The SMILES string of the molecule is CCCC1C(C(=O)N2CCC(O)(c3ccccc3O)CC2)CCCN1C. The largest absolute Gasteiger partial charge is 0.508 e. The van der Waals surface area contributed by atoms with E-state index in [1.54, 1.807) is 18.2 Å². The zero-order chi connectivity index (χ0) is 18.7. The Labute approximate surface area is 156 Å². The van der Waals surface area contributed by atoms with E-state index in [0.717, 1.165) is 32.2 Å². The number of phenolic OH excluding ortho intramolecular Hbond substituents is 1. The molecule has 1 aromatic carbocycles. The number of carbonyl (C=O) groups is 1. The van der Waals surface area contributed by atoms with Gasteiger partial charge in [0, 0.05) is 24.7 Å². The summed E-state index contributed by atoms with van der Waals surface area (Å²) in [5.74, 6) is 0.450. The highest BCUT2D eigenvalue weighted by atomic mass is 16.3. The van der Waals surface area contributed by atoms with Gasteiger partial charge in [-0.3, -0.25) is 4.79 Å². The number of piperidine rings is 2. The molecular weight excluding hydrogens is 328 g/mol. The number of hydrogen-bond acceptors (Lipinski definition) is 4. The standard InChI is InChI=1S/C21H32N2O3/c1-3-7-18-16(8-6-13-22(18)2)20(25)23-14-11-21(26,12-15-23)17-9-4-5-10-19(17)24/h4-5,9-10,16,18,24,26H,3,6-8,11-15H2,1-2H3. The molecule has 5 heteroatoms. The van der Waals surface area contributed by atoms with Gasteiger partial charge in [0.05, 0.1) is 11.5 Å². The number of hydrogen-bond donors (Lipinski definition) is 2. The van der Waals surface area contributed by atoms with Crippen LogP contribution < -0.4 is 0 Å². The second-order valence-corrected chi connectivity index (χ2v) is 7.96. The van der Waals surface area contributed by atoms with Gasteiger partial charge < -0.3 is 20.0 Å². The number of para-hydroxylation sites is 1. The number of carbonyl (C=O) groups excluding carboxylic acids is 1. The van der Waals surface area contributed by atoms with E-state index in [-0.39, 0.29) is 17.6 Å². The number of amides is 1. The summed E-state index contributed by atoms with van der Waals surface area (Å²) in [6.07, 6.45) is 5.12. The van der Waals surface area contributed by atoms with E-state index in [1.165, 1.54) is 0 Å². The number of aliphatic hydroxyl groups is 1. The number of aromatic hydroxyl groups is 1. The molecule has 5 nitrogen and oxygen atoms in total. The first-order chi connectivity index (χ1) is 12.5. The highest BCUT2D eigenvalue weighted by Gasteiger charge is 2.41. The smallest absolute Gasteiger partial charge is 0.227 e. The fraction of sp³-hybridized carbons (Fsp3) is 0.667. The molecule has 2 fully saturated rings. The highest BCUT2D eigenvalue weighted by Crippen LogP contribution is 2.38. The molecule has 1 aromatic rings. The number of rotatable bonds is 4. The maximum atomic E-state index is 13.2. The van der Waals surface area contributed by atoms with Crippen LogP contribution in [0.3, 0.4) is 0 Å². The highest BCUT2D eigenvalue weighted by molar-refractivity contribution is 5.80. The summed E-state index contributed by atoms with van der Waals surface area (Å²) in [4.78, 5) is 17.4. The maximum absolute atomic E-state index is 13.2. The lowest BCUT2D eigenvalue weighted by Crippen LogP contribution is -2.53. The third-order valence-corrected chi connectivity index (χ3v) is 6.27. The fourth-order valence-electron chi connectivity index (χ4n) is 4.70. The Balaban J connectivity index is 1.67. The van der Waals surface area contributed by atoms with Crippen molar-refractivity contribution in [2.75, 3.05) is 26.7 Å². The van der Waals surface area contributed by atoms with Crippen LogP contribution in [0.4, 0.5) is 0 Å². The fourth-order valence-corrected chi connectivity index (χ4v) is 4.70. The quantitative estimate of drug-likeness (QED) is 0.867. The molecule has 0 aliphatic carbocycles. The maximum Gasteiger partial charge on any atom is 0.227 e. The molecule has 2 heterocycles. The molecule has 3 rings (SSSR count). The Morgan fingerprint density at radius 2 is 1.92 bits per heavy atom. The summed E-state index contributed by atoms with van der Waals surface area (Å²) >= 11 is 0. The van der Waals surface area contributed by atoms with Crippen molar-refractivity contribution >= 4 is 5.91 Å².